The van der Waals surface area contributed by atoms with Crippen LogP contribution < -0.4 is 11.3 Å². The fourth-order valence-corrected chi connectivity index (χ4v) is 3.05. The number of hydrazine groups is 1. The van der Waals surface area contributed by atoms with Gasteiger partial charge in [0.1, 0.15) is 0 Å². The van der Waals surface area contributed by atoms with Gasteiger partial charge in [-0.05, 0) is 32.9 Å². The van der Waals surface area contributed by atoms with Crippen LogP contribution in [0.5, 0.6) is 0 Å². The largest absolute Gasteiger partial charge is 0.374 e. The number of aromatic nitrogens is 2. The van der Waals surface area contributed by atoms with E-state index in [-0.39, 0.29) is 12.1 Å². The third kappa shape index (κ3) is 4.26. The van der Waals surface area contributed by atoms with Crippen LogP contribution in [0.4, 0.5) is 0 Å². The summed E-state index contributed by atoms with van der Waals surface area (Å²) < 4.78 is 7.99. The summed E-state index contributed by atoms with van der Waals surface area (Å²) in [5, 5.41) is 4.50. The molecule has 21 heavy (non-hydrogen) atoms. The maximum Gasteiger partial charge on any atom is 0.0872 e. The second kappa shape index (κ2) is 7.89. The Kier molecular flexibility index (Phi) is 6.17. The average molecular weight is 295 g/mol. The van der Waals surface area contributed by atoms with Gasteiger partial charge < -0.3 is 4.74 Å². The summed E-state index contributed by atoms with van der Waals surface area (Å²) in [7, 11) is 0. The SMILES string of the molecule is CCCN1CCOC(C(Cc2cc(C)nn2CC)NN)C1. The van der Waals surface area contributed by atoms with E-state index in [4.69, 9.17) is 10.6 Å². The summed E-state index contributed by atoms with van der Waals surface area (Å²) in [6, 6.07) is 2.26. The van der Waals surface area contributed by atoms with Crippen LogP contribution >= 0.6 is 0 Å². The maximum absolute atomic E-state index is 5.95. The molecule has 3 N–H and O–H groups in total. The normalized spacial score (nSPS) is 21.6. The summed E-state index contributed by atoms with van der Waals surface area (Å²) in [5.74, 6) is 5.79. The lowest BCUT2D eigenvalue weighted by Gasteiger charge is -2.36. The van der Waals surface area contributed by atoms with Crippen molar-refractivity contribution in [2.75, 3.05) is 26.2 Å². The molecule has 0 aromatic carbocycles. The quantitative estimate of drug-likeness (QED) is 0.572. The molecule has 2 atom stereocenters. The number of hydrogen-bond donors (Lipinski definition) is 2. The predicted octanol–water partition coefficient (Wildman–Crippen LogP) is 0.697. The van der Waals surface area contributed by atoms with Gasteiger partial charge in [0.25, 0.3) is 0 Å². The van der Waals surface area contributed by atoms with Gasteiger partial charge in [0.05, 0.1) is 24.4 Å². The van der Waals surface area contributed by atoms with Gasteiger partial charge in [-0.25, -0.2) is 0 Å². The zero-order valence-corrected chi connectivity index (χ0v) is 13.5. The van der Waals surface area contributed by atoms with E-state index < -0.39 is 0 Å². The van der Waals surface area contributed by atoms with E-state index in [1.54, 1.807) is 0 Å². The van der Waals surface area contributed by atoms with E-state index in [1.807, 2.05) is 11.6 Å². The number of aryl methyl sites for hydroxylation is 2. The van der Waals surface area contributed by atoms with Gasteiger partial charge in [0, 0.05) is 31.7 Å². The summed E-state index contributed by atoms with van der Waals surface area (Å²) in [5.41, 5.74) is 5.22. The molecule has 120 valence electrons. The molecule has 1 aromatic heterocycles. The fourth-order valence-electron chi connectivity index (χ4n) is 3.05. The number of nitrogens with two attached hydrogens (primary N) is 1. The Hall–Kier alpha value is -0.950. The molecule has 6 heteroatoms. The minimum atomic E-state index is 0.117. The zero-order chi connectivity index (χ0) is 15.2. The first kappa shape index (κ1) is 16.4. The minimum Gasteiger partial charge on any atom is -0.374 e. The van der Waals surface area contributed by atoms with E-state index >= 15 is 0 Å². The zero-order valence-electron chi connectivity index (χ0n) is 13.5. The lowest BCUT2D eigenvalue weighted by Crippen LogP contribution is -2.55. The van der Waals surface area contributed by atoms with Gasteiger partial charge in [-0.15, -0.1) is 0 Å². The van der Waals surface area contributed by atoms with Crippen LogP contribution in [-0.2, 0) is 17.7 Å². The molecule has 1 aromatic rings. The second-order valence-corrected chi connectivity index (χ2v) is 5.78. The number of morpholine rings is 1. The Morgan fingerprint density at radius 3 is 3.00 bits per heavy atom. The number of rotatable bonds is 7. The highest BCUT2D eigenvalue weighted by molar-refractivity contribution is 5.11. The summed E-state index contributed by atoms with van der Waals surface area (Å²) in [6.07, 6.45) is 2.15. The Balaban J connectivity index is 2.01. The average Bonchev–Trinajstić information content (AvgIpc) is 2.85. The topological polar surface area (TPSA) is 68.3 Å². The fraction of sp³-hybridized carbons (Fsp3) is 0.800. The molecule has 0 aliphatic carbocycles. The van der Waals surface area contributed by atoms with Crippen LogP contribution in [0.15, 0.2) is 6.07 Å². The summed E-state index contributed by atoms with van der Waals surface area (Å²) in [6.45, 7) is 11.1. The number of hydrogen-bond acceptors (Lipinski definition) is 5. The van der Waals surface area contributed by atoms with Crippen LogP contribution in [0.25, 0.3) is 0 Å². The first-order chi connectivity index (χ1) is 10.2. The van der Waals surface area contributed by atoms with Crippen molar-refractivity contribution >= 4 is 0 Å². The standard InChI is InChI=1S/C15H29N5O/c1-4-6-19-7-8-21-15(11-19)14(17-16)10-13-9-12(3)18-20(13)5-2/h9,14-15,17H,4-8,10-11,16H2,1-3H3. The third-order valence-electron chi connectivity index (χ3n) is 4.09. The van der Waals surface area contributed by atoms with E-state index in [9.17, 15) is 0 Å². The monoisotopic (exact) mass is 295 g/mol. The highest BCUT2D eigenvalue weighted by atomic mass is 16.5. The molecule has 1 fully saturated rings. The minimum absolute atomic E-state index is 0.117. The Morgan fingerprint density at radius 1 is 1.52 bits per heavy atom. The molecule has 0 radical (unpaired) electrons. The first-order valence-corrected chi connectivity index (χ1v) is 8.01. The smallest absolute Gasteiger partial charge is 0.0872 e. The van der Waals surface area contributed by atoms with Crippen LogP contribution in [0.2, 0.25) is 0 Å². The van der Waals surface area contributed by atoms with E-state index in [2.05, 4.69) is 35.3 Å². The lowest BCUT2D eigenvalue weighted by atomic mass is 10.0. The maximum atomic E-state index is 5.95. The van der Waals surface area contributed by atoms with Gasteiger partial charge in [-0.3, -0.25) is 20.9 Å². The number of nitrogens with one attached hydrogen (secondary N) is 1. The van der Waals surface area contributed by atoms with Crippen LogP contribution in [0.3, 0.4) is 0 Å². The van der Waals surface area contributed by atoms with Crippen LogP contribution in [-0.4, -0.2) is 53.1 Å². The predicted molar refractivity (Wildman–Crippen MR) is 83.9 cm³/mol. The third-order valence-corrected chi connectivity index (χ3v) is 4.09. The van der Waals surface area contributed by atoms with Crippen molar-refractivity contribution in [2.24, 2.45) is 5.84 Å². The Bertz CT molecular complexity index is 432. The van der Waals surface area contributed by atoms with Crippen LogP contribution in [0, 0.1) is 6.92 Å². The van der Waals surface area contributed by atoms with Gasteiger partial charge in [0.15, 0.2) is 0 Å². The van der Waals surface area contributed by atoms with Crippen molar-refractivity contribution in [1.82, 2.24) is 20.1 Å². The molecule has 0 saturated carbocycles. The first-order valence-electron chi connectivity index (χ1n) is 8.01. The number of ether oxygens (including phenoxy) is 1. The molecular weight excluding hydrogens is 266 g/mol. The molecular formula is C15H29N5O. The molecule has 0 spiro atoms. The molecule has 1 aliphatic rings. The number of nitrogens with zero attached hydrogens (tertiary/aromatic N) is 3. The van der Waals surface area contributed by atoms with Crippen LogP contribution in [0.1, 0.15) is 31.7 Å². The highest BCUT2D eigenvalue weighted by Crippen LogP contribution is 2.14. The molecule has 1 saturated heterocycles. The Labute approximate surface area is 127 Å². The van der Waals surface area contributed by atoms with Crippen molar-refractivity contribution in [2.45, 2.75) is 52.3 Å². The van der Waals surface area contributed by atoms with Crippen molar-refractivity contribution in [1.29, 1.82) is 0 Å². The molecule has 2 unspecified atom stereocenters. The second-order valence-electron chi connectivity index (χ2n) is 5.78. The van der Waals surface area contributed by atoms with Gasteiger partial charge in [-0.2, -0.15) is 5.10 Å². The summed E-state index contributed by atoms with van der Waals surface area (Å²) >= 11 is 0. The molecule has 2 rings (SSSR count). The van der Waals surface area contributed by atoms with Crippen molar-refractivity contribution < 1.29 is 4.74 Å². The van der Waals surface area contributed by atoms with E-state index in [1.165, 1.54) is 12.1 Å². The van der Waals surface area contributed by atoms with E-state index in [0.29, 0.717) is 0 Å². The summed E-state index contributed by atoms with van der Waals surface area (Å²) in [4.78, 5) is 2.46. The lowest BCUT2D eigenvalue weighted by molar-refractivity contribution is -0.0465. The van der Waals surface area contributed by atoms with Crippen molar-refractivity contribution in [3.05, 3.63) is 17.5 Å². The molecule has 1 aliphatic heterocycles. The molecule has 2 heterocycles. The Morgan fingerprint density at radius 2 is 2.33 bits per heavy atom. The molecule has 6 nitrogen and oxygen atoms in total. The van der Waals surface area contributed by atoms with Gasteiger partial charge in [-0.1, -0.05) is 6.92 Å². The van der Waals surface area contributed by atoms with E-state index in [0.717, 1.165) is 44.9 Å². The highest BCUT2D eigenvalue weighted by Gasteiger charge is 2.28. The molecule has 0 bridgehead atoms. The van der Waals surface area contributed by atoms with Gasteiger partial charge >= 0.3 is 0 Å². The van der Waals surface area contributed by atoms with Crippen molar-refractivity contribution in [3.63, 3.8) is 0 Å². The van der Waals surface area contributed by atoms with Gasteiger partial charge in [0.2, 0.25) is 0 Å². The molecule has 0 amide bonds. The van der Waals surface area contributed by atoms with Crippen molar-refractivity contribution in [3.8, 4) is 0 Å².